The molecular formula is C10H8Cl2O2. The molecule has 1 aliphatic rings. The van der Waals surface area contributed by atoms with Gasteiger partial charge in [-0.1, -0.05) is 23.2 Å². The van der Waals surface area contributed by atoms with Crippen molar-refractivity contribution in [1.82, 2.24) is 0 Å². The lowest BCUT2D eigenvalue weighted by molar-refractivity contribution is 0.0972. The van der Waals surface area contributed by atoms with E-state index in [9.17, 15) is 9.90 Å². The summed E-state index contributed by atoms with van der Waals surface area (Å²) in [5.74, 6) is -0.0386. The van der Waals surface area contributed by atoms with Crippen LogP contribution in [-0.4, -0.2) is 10.9 Å². The molecule has 0 spiro atoms. The van der Waals surface area contributed by atoms with E-state index in [-0.39, 0.29) is 21.6 Å². The maximum atomic E-state index is 11.5. The van der Waals surface area contributed by atoms with E-state index in [1.54, 1.807) is 0 Å². The standard InChI is InChI=1S/C10H8Cl2O2/c11-9-7(14)4-5-2-1-3-6(13)8(5)10(9)12/h4,14H,1-3H2. The number of carbonyl (C=O) groups is 1. The lowest BCUT2D eigenvalue weighted by Crippen LogP contribution is -2.11. The molecule has 4 heteroatoms. The fourth-order valence-corrected chi connectivity index (χ4v) is 2.20. The Hall–Kier alpha value is -0.730. The molecule has 0 heterocycles. The fourth-order valence-electron chi connectivity index (χ4n) is 1.73. The zero-order valence-electron chi connectivity index (χ0n) is 7.31. The summed E-state index contributed by atoms with van der Waals surface area (Å²) in [7, 11) is 0. The highest BCUT2D eigenvalue weighted by Crippen LogP contribution is 2.39. The third-order valence-electron chi connectivity index (χ3n) is 2.40. The number of phenols is 1. The number of aromatic hydroxyl groups is 1. The van der Waals surface area contributed by atoms with E-state index >= 15 is 0 Å². The van der Waals surface area contributed by atoms with Crippen LogP contribution in [0.25, 0.3) is 0 Å². The van der Waals surface area contributed by atoms with Gasteiger partial charge in [-0.25, -0.2) is 0 Å². The number of ketones is 1. The summed E-state index contributed by atoms with van der Waals surface area (Å²) >= 11 is 11.6. The summed E-state index contributed by atoms with van der Waals surface area (Å²) in [6.07, 6.45) is 2.09. The van der Waals surface area contributed by atoms with Crippen molar-refractivity contribution in [2.75, 3.05) is 0 Å². The molecule has 1 N–H and O–H groups in total. The lowest BCUT2D eigenvalue weighted by atomic mass is 9.90. The van der Waals surface area contributed by atoms with Gasteiger partial charge in [-0.15, -0.1) is 0 Å². The number of fused-ring (bicyclic) bond motifs is 1. The second-order valence-electron chi connectivity index (χ2n) is 3.33. The van der Waals surface area contributed by atoms with Crippen LogP contribution in [0, 0.1) is 0 Å². The Balaban J connectivity index is 2.70. The monoisotopic (exact) mass is 230 g/mol. The first-order valence-electron chi connectivity index (χ1n) is 4.34. The Morgan fingerprint density at radius 1 is 1.21 bits per heavy atom. The molecule has 0 amide bonds. The van der Waals surface area contributed by atoms with Crippen LogP contribution in [0.4, 0.5) is 0 Å². The van der Waals surface area contributed by atoms with E-state index < -0.39 is 0 Å². The molecule has 1 aromatic carbocycles. The molecule has 0 atom stereocenters. The van der Waals surface area contributed by atoms with Crippen molar-refractivity contribution in [3.63, 3.8) is 0 Å². The van der Waals surface area contributed by atoms with Gasteiger partial charge >= 0.3 is 0 Å². The van der Waals surface area contributed by atoms with Crippen molar-refractivity contribution in [2.45, 2.75) is 19.3 Å². The summed E-state index contributed by atoms with van der Waals surface area (Å²) < 4.78 is 0. The summed E-state index contributed by atoms with van der Waals surface area (Å²) in [4.78, 5) is 11.5. The SMILES string of the molecule is O=C1CCCc2cc(O)c(Cl)c(Cl)c21. The van der Waals surface area contributed by atoms with Crippen molar-refractivity contribution in [2.24, 2.45) is 0 Å². The lowest BCUT2D eigenvalue weighted by Gasteiger charge is -2.17. The smallest absolute Gasteiger partial charge is 0.164 e. The van der Waals surface area contributed by atoms with Crippen molar-refractivity contribution >= 4 is 29.0 Å². The van der Waals surface area contributed by atoms with Crippen molar-refractivity contribution in [3.05, 3.63) is 27.2 Å². The van der Waals surface area contributed by atoms with E-state index in [4.69, 9.17) is 23.2 Å². The number of Topliss-reactive ketones (excluding diaryl/α,β-unsaturated/α-hetero) is 1. The van der Waals surface area contributed by atoms with Crippen LogP contribution in [0.5, 0.6) is 5.75 Å². The highest BCUT2D eigenvalue weighted by Gasteiger charge is 2.23. The molecule has 0 fully saturated rings. The maximum absolute atomic E-state index is 11.5. The van der Waals surface area contributed by atoms with E-state index in [1.807, 2.05) is 0 Å². The van der Waals surface area contributed by atoms with Gasteiger partial charge in [0, 0.05) is 12.0 Å². The zero-order valence-corrected chi connectivity index (χ0v) is 8.82. The van der Waals surface area contributed by atoms with Crippen LogP contribution in [0.15, 0.2) is 6.07 Å². The maximum Gasteiger partial charge on any atom is 0.164 e. The number of hydrogen-bond acceptors (Lipinski definition) is 2. The number of halogens is 2. The van der Waals surface area contributed by atoms with Gasteiger partial charge in [-0.05, 0) is 24.5 Å². The predicted molar refractivity (Wildman–Crippen MR) is 55.4 cm³/mol. The Kier molecular flexibility index (Phi) is 2.41. The molecule has 0 saturated carbocycles. The van der Waals surface area contributed by atoms with Crippen LogP contribution in [-0.2, 0) is 6.42 Å². The Morgan fingerprint density at radius 3 is 2.64 bits per heavy atom. The molecule has 1 aliphatic carbocycles. The molecule has 0 unspecified atom stereocenters. The predicted octanol–water partition coefficient (Wildman–Crippen LogP) is 3.22. The third kappa shape index (κ3) is 1.39. The van der Waals surface area contributed by atoms with Gasteiger partial charge in [0.05, 0.1) is 5.02 Å². The summed E-state index contributed by atoms with van der Waals surface area (Å²) in [6.45, 7) is 0. The molecule has 0 radical (unpaired) electrons. The molecule has 2 rings (SSSR count). The van der Waals surface area contributed by atoms with Gasteiger partial charge < -0.3 is 5.11 Å². The minimum absolute atomic E-state index is 0.0122. The quantitative estimate of drug-likeness (QED) is 0.744. The van der Waals surface area contributed by atoms with Gasteiger partial charge in [0.1, 0.15) is 10.8 Å². The number of rotatable bonds is 0. The average molecular weight is 231 g/mol. The first-order chi connectivity index (χ1) is 6.61. The van der Waals surface area contributed by atoms with Gasteiger partial charge in [-0.3, -0.25) is 4.79 Å². The Bertz CT molecular complexity index is 413. The van der Waals surface area contributed by atoms with Crippen molar-refractivity contribution in [3.8, 4) is 5.75 Å². The topological polar surface area (TPSA) is 37.3 Å². The first-order valence-corrected chi connectivity index (χ1v) is 5.10. The molecular weight excluding hydrogens is 223 g/mol. The van der Waals surface area contributed by atoms with Gasteiger partial charge in [-0.2, -0.15) is 0 Å². The molecule has 74 valence electrons. The molecule has 0 bridgehead atoms. The van der Waals surface area contributed by atoms with Crippen LogP contribution >= 0.6 is 23.2 Å². The Labute approximate surface area is 91.4 Å². The van der Waals surface area contributed by atoms with Crippen LogP contribution < -0.4 is 0 Å². The number of phenolic OH excluding ortho intramolecular Hbond substituents is 1. The molecule has 0 aliphatic heterocycles. The summed E-state index contributed by atoms with van der Waals surface area (Å²) in [5.41, 5.74) is 1.29. The number of aryl methyl sites for hydroxylation is 1. The second-order valence-corrected chi connectivity index (χ2v) is 4.09. The van der Waals surface area contributed by atoms with Crippen molar-refractivity contribution in [1.29, 1.82) is 0 Å². The zero-order chi connectivity index (χ0) is 10.3. The normalized spacial score (nSPS) is 15.4. The fraction of sp³-hybridized carbons (Fsp3) is 0.300. The van der Waals surface area contributed by atoms with Gasteiger partial charge in [0.15, 0.2) is 5.78 Å². The van der Waals surface area contributed by atoms with Crippen molar-refractivity contribution < 1.29 is 9.90 Å². The summed E-state index contributed by atoms with van der Waals surface area (Å²) in [5, 5.41) is 9.67. The highest BCUT2D eigenvalue weighted by molar-refractivity contribution is 6.45. The number of benzene rings is 1. The third-order valence-corrected chi connectivity index (χ3v) is 3.26. The van der Waals surface area contributed by atoms with Crippen LogP contribution in [0.1, 0.15) is 28.8 Å². The molecule has 14 heavy (non-hydrogen) atoms. The van der Waals surface area contributed by atoms with Crippen LogP contribution in [0.3, 0.4) is 0 Å². The van der Waals surface area contributed by atoms with E-state index in [1.165, 1.54) is 6.07 Å². The van der Waals surface area contributed by atoms with E-state index in [0.717, 1.165) is 18.4 Å². The molecule has 0 aromatic heterocycles. The molecule has 0 saturated heterocycles. The van der Waals surface area contributed by atoms with Gasteiger partial charge in [0.25, 0.3) is 0 Å². The highest BCUT2D eigenvalue weighted by atomic mass is 35.5. The van der Waals surface area contributed by atoms with Gasteiger partial charge in [0.2, 0.25) is 0 Å². The summed E-state index contributed by atoms with van der Waals surface area (Å²) in [6, 6.07) is 1.53. The molecule has 2 nitrogen and oxygen atoms in total. The number of hydrogen-bond donors (Lipinski definition) is 1. The minimum atomic E-state index is -0.0508. The minimum Gasteiger partial charge on any atom is -0.506 e. The second kappa shape index (κ2) is 3.44. The number of carbonyl (C=O) groups excluding carboxylic acids is 1. The van der Waals surface area contributed by atoms with Crippen LogP contribution in [0.2, 0.25) is 10.0 Å². The average Bonchev–Trinajstić information content (AvgIpc) is 2.14. The molecule has 1 aromatic rings. The van der Waals surface area contributed by atoms with E-state index in [2.05, 4.69) is 0 Å². The van der Waals surface area contributed by atoms with E-state index in [0.29, 0.717) is 12.0 Å². The Morgan fingerprint density at radius 2 is 1.93 bits per heavy atom. The first kappa shape index (κ1) is 9.81. The largest absolute Gasteiger partial charge is 0.506 e.